The molecule has 4 heteroatoms. The molecule has 0 spiro atoms. The summed E-state index contributed by atoms with van der Waals surface area (Å²) in [5.74, 6) is 0.733. The van der Waals surface area contributed by atoms with Gasteiger partial charge in [-0.25, -0.2) is 0 Å². The highest BCUT2D eigenvalue weighted by molar-refractivity contribution is 5.44. The van der Waals surface area contributed by atoms with Gasteiger partial charge in [-0.15, -0.1) is 0 Å². The van der Waals surface area contributed by atoms with E-state index in [2.05, 4.69) is 12.0 Å². The fourth-order valence-corrected chi connectivity index (χ4v) is 2.11. The molecule has 14 heavy (non-hydrogen) atoms. The topological polar surface area (TPSA) is 53.1 Å². The fourth-order valence-electron chi connectivity index (χ4n) is 2.11. The van der Waals surface area contributed by atoms with E-state index in [1.54, 1.807) is 4.68 Å². The van der Waals surface area contributed by atoms with E-state index < -0.39 is 0 Å². The number of rotatable bonds is 1. The van der Waals surface area contributed by atoms with Crippen molar-refractivity contribution in [2.45, 2.75) is 32.3 Å². The van der Waals surface area contributed by atoms with Crippen LogP contribution < -0.4 is 5.73 Å². The quantitative estimate of drug-likeness (QED) is 0.735. The van der Waals surface area contributed by atoms with Crippen LogP contribution in [-0.2, 0) is 17.4 Å². The molecule has 0 aromatic carbocycles. The van der Waals surface area contributed by atoms with E-state index >= 15 is 0 Å². The first-order chi connectivity index (χ1) is 6.54. The molecule has 0 amide bonds. The molecule has 1 aliphatic heterocycles. The standard InChI is InChI=1S/C10H17N3O/c1-7-8(12-13(3)9(7)11)10(2)5-4-6-14-10/h4-6,11H2,1-3H3. The van der Waals surface area contributed by atoms with Gasteiger partial charge in [-0.3, -0.25) is 4.68 Å². The molecule has 0 aliphatic carbocycles. The minimum absolute atomic E-state index is 0.223. The Bertz CT molecular complexity index is 350. The van der Waals surface area contributed by atoms with Gasteiger partial charge in [0.2, 0.25) is 0 Å². The first-order valence-corrected chi connectivity index (χ1v) is 4.98. The summed E-state index contributed by atoms with van der Waals surface area (Å²) < 4.78 is 7.46. The zero-order chi connectivity index (χ0) is 10.3. The number of nitrogens with two attached hydrogens (primary N) is 1. The van der Waals surface area contributed by atoms with Crippen LogP contribution in [-0.4, -0.2) is 16.4 Å². The second-order valence-corrected chi connectivity index (χ2v) is 4.17. The highest BCUT2D eigenvalue weighted by atomic mass is 16.5. The number of ether oxygens (including phenoxy) is 1. The predicted octanol–water partition coefficient (Wildman–Crippen LogP) is 1.34. The van der Waals surface area contributed by atoms with Crippen LogP contribution in [0.2, 0.25) is 0 Å². The van der Waals surface area contributed by atoms with Crippen LogP contribution >= 0.6 is 0 Å². The first-order valence-electron chi connectivity index (χ1n) is 4.98. The third-order valence-electron chi connectivity index (χ3n) is 3.06. The van der Waals surface area contributed by atoms with E-state index in [0.717, 1.165) is 36.5 Å². The maximum absolute atomic E-state index is 5.87. The SMILES string of the molecule is Cc1c(C2(C)CCCO2)nn(C)c1N. The number of hydrogen-bond donors (Lipinski definition) is 1. The lowest BCUT2D eigenvalue weighted by molar-refractivity contribution is 0.0123. The van der Waals surface area contributed by atoms with Crippen molar-refractivity contribution in [3.05, 3.63) is 11.3 Å². The average molecular weight is 195 g/mol. The molecular formula is C10H17N3O. The van der Waals surface area contributed by atoms with E-state index in [1.165, 1.54) is 0 Å². The van der Waals surface area contributed by atoms with Gasteiger partial charge in [0.05, 0.1) is 5.69 Å². The largest absolute Gasteiger partial charge is 0.384 e. The minimum Gasteiger partial charge on any atom is -0.384 e. The molecule has 1 unspecified atom stereocenters. The number of nitrogens with zero attached hydrogens (tertiary/aromatic N) is 2. The van der Waals surface area contributed by atoms with E-state index in [4.69, 9.17) is 10.5 Å². The van der Waals surface area contributed by atoms with Gasteiger partial charge in [0.15, 0.2) is 0 Å². The van der Waals surface area contributed by atoms with Gasteiger partial charge in [0.25, 0.3) is 0 Å². The molecule has 1 aliphatic rings. The molecule has 1 aromatic rings. The Kier molecular flexibility index (Phi) is 2.03. The zero-order valence-corrected chi connectivity index (χ0v) is 9.00. The fraction of sp³-hybridized carbons (Fsp3) is 0.700. The number of hydrogen-bond acceptors (Lipinski definition) is 3. The zero-order valence-electron chi connectivity index (χ0n) is 9.00. The monoisotopic (exact) mass is 195 g/mol. The number of anilines is 1. The van der Waals surface area contributed by atoms with Crippen LogP contribution in [0.4, 0.5) is 5.82 Å². The molecule has 2 heterocycles. The van der Waals surface area contributed by atoms with E-state index in [0.29, 0.717) is 0 Å². The van der Waals surface area contributed by atoms with Gasteiger partial charge in [-0.1, -0.05) is 0 Å². The normalized spacial score (nSPS) is 27.1. The third kappa shape index (κ3) is 1.21. The van der Waals surface area contributed by atoms with Crippen LogP contribution in [0.1, 0.15) is 31.0 Å². The maximum atomic E-state index is 5.87. The van der Waals surface area contributed by atoms with Gasteiger partial charge < -0.3 is 10.5 Å². The Hall–Kier alpha value is -1.03. The van der Waals surface area contributed by atoms with Crippen molar-refractivity contribution in [3.63, 3.8) is 0 Å². The van der Waals surface area contributed by atoms with Crippen molar-refractivity contribution in [2.75, 3.05) is 12.3 Å². The van der Waals surface area contributed by atoms with Crippen molar-refractivity contribution >= 4 is 5.82 Å². The summed E-state index contributed by atoms with van der Waals surface area (Å²) in [6.45, 7) is 4.92. The molecule has 0 bridgehead atoms. The summed E-state index contributed by atoms with van der Waals surface area (Å²) in [5, 5.41) is 4.43. The van der Waals surface area contributed by atoms with Crippen LogP contribution in [0.3, 0.4) is 0 Å². The van der Waals surface area contributed by atoms with E-state index in [-0.39, 0.29) is 5.60 Å². The van der Waals surface area contributed by atoms with Gasteiger partial charge in [0.1, 0.15) is 11.4 Å². The highest BCUT2D eigenvalue weighted by Gasteiger charge is 2.36. The first kappa shape index (κ1) is 9.52. The summed E-state index contributed by atoms with van der Waals surface area (Å²) in [4.78, 5) is 0. The van der Waals surface area contributed by atoms with Crippen molar-refractivity contribution in [3.8, 4) is 0 Å². The molecule has 0 radical (unpaired) electrons. The van der Waals surface area contributed by atoms with Crippen LogP contribution in [0, 0.1) is 6.92 Å². The molecule has 2 rings (SSSR count). The van der Waals surface area contributed by atoms with Crippen molar-refractivity contribution in [1.29, 1.82) is 0 Å². The van der Waals surface area contributed by atoms with Crippen molar-refractivity contribution in [1.82, 2.24) is 9.78 Å². The Morgan fingerprint density at radius 1 is 1.57 bits per heavy atom. The lowest BCUT2D eigenvalue weighted by Crippen LogP contribution is -2.21. The third-order valence-corrected chi connectivity index (χ3v) is 3.06. The van der Waals surface area contributed by atoms with Crippen LogP contribution in [0.25, 0.3) is 0 Å². The summed E-state index contributed by atoms with van der Waals surface area (Å²) in [5.41, 5.74) is 7.70. The van der Waals surface area contributed by atoms with E-state index in [9.17, 15) is 0 Å². The van der Waals surface area contributed by atoms with Crippen LogP contribution in [0.15, 0.2) is 0 Å². The van der Waals surface area contributed by atoms with Crippen molar-refractivity contribution in [2.24, 2.45) is 7.05 Å². The second kappa shape index (κ2) is 2.98. The Balaban J connectivity index is 2.45. The predicted molar refractivity (Wildman–Crippen MR) is 54.9 cm³/mol. The second-order valence-electron chi connectivity index (χ2n) is 4.17. The summed E-state index contributed by atoms with van der Waals surface area (Å²) >= 11 is 0. The Morgan fingerprint density at radius 2 is 2.29 bits per heavy atom. The number of aromatic nitrogens is 2. The average Bonchev–Trinajstić information content (AvgIpc) is 2.67. The summed E-state index contributed by atoms with van der Waals surface area (Å²) in [6, 6.07) is 0. The molecule has 1 aromatic heterocycles. The van der Waals surface area contributed by atoms with Gasteiger partial charge in [-0.05, 0) is 26.7 Å². The molecule has 1 saturated heterocycles. The number of aryl methyl sites for hydroxylation is 1. The molecule has 4 nitrogen and oxygen atoms in total. The molecule has 1 fully saturated rings. The lowest BCUT2D eigenvalue weighted by atomic mass is 9.96. The Morgan fingerprint density at radius 3 is 2.71 bits per heavy atom. The summed E-state index contributed by atoms with van der Waals surface area (Å²) in [6.07, 6.45) is 2.14. The summed E-state index contributed by atoms with van der Waals surface area (Å²) in [7, 11) is 1.87. The smallest absolute Gasteiger partial charge is 0.124 e. The lowest BCUT2D eigenvalue weighted by Gasteiger charge is -2.21. The molecule has 1 atom stereocenters. The molecule has 0 saturated carbocycles. The van der Waals surface area contributed by atoms with Crippen molar-refractivity contribution < 1.29 is 4.74 Å². The number of nitrogen functional groups attached to an aromatic ring is 1. The molecular weight excluding hydrogens is 178 g/mol. The van der Waals surface area contributed by atoms with E-state index in [1.807, 2.05) is 14.0 Å². The minimum atomic E-state index is -0.223. The van der Waals surface area contributed by atoms with Crippen LogP contribution in [0.5, 0.6) is 0 Å². The van der Waals surface area contributed by atoms with Gasteiger partial charge >= 0.3 is 0 Å². The maximum Gasteiger partial charge on any atom is 0.124 e. The van der Waals surface area contributed by atoms with Gasteiger partial charge in [0, 0.05) is 19.2 Å². The molecule has 2 N–H and O–H groups in total. The van der Waals surface area contributed by atoms with Gasteiger partial charge in [-0.2, -0.15) is 5.10 Å². The highest BCUT2D eigenvalue weighted by Crippen LogP contribution is 2.37. The Labute approximate surface area is 84.0 Å². The molecule has 78 valence electrons.